The van der Waals surface area contributed by atoms with E-state index in [1.807, 2.05) is 53.9 Å². The third-order valence-corrected chi connectivity index (χ3v) is 4.69. The third kappa shape index (κ3) is 1.93. The molecule has 0 saturated heterocycles. The Morgan fingerprint density at radius 1 is 1.05 bits per heavy atom. The molecule has 0 spiro atoms. The van der Waals surface area contributed by atoms with E-state index in [1.54, 1.807) is 4.57 Å². The third-order valence-electron chi connectivity index (χ3n) is 3.50. The molecule has 0 atom stereocenters. The molecule has 2 aromatic carbocycles. The summed E-state index contributed by atoms with van der Waals surface area (Å²) in [5.74, 6) is 0. The molecular weight excluding hydrogens is 300 g/mol. The second-order valence-corrected chi connectivity index (χ2v) is 6.07. The van der Waals surface area contributed by atoms with E-state index in [-0.39, 0.29) is 5.56 Å². The van der Waals surface area contributed by atoms with Gasteiger partial charge < -0.3 is 4.98 Å². The minimum absolute atomic E-state index is 0.0703. The fourth-order valence-corrected chi connectivity index (χ4v) is 3.57. The van der Waals surface area contributed by atoms with Crippen molar-refractivity contribution < 1.29 is 0 Å². The van der Waals surface area contributed by atoms with E-state index in [9.17, 15) is 4.79 Å². The van der Waals surface area contributed by atoms with Crippen molar-refractivity contribution in [2.24, 2.45) is 0 Å². The minimum Gasteiger partial charge on any atom is -0.331 e. The van der Waals surface area contributed by atoms with Gasteiger partial charge >= 0.3 is 0 Å². The molecule has 3 nitrogen and oxygen atoms in total. The van der Waals surface area contributed by atoms with Crippen molar-refractivity contribution >= 4 is 44.5 Å². The maximum atomic E-state index is 12.6. The molecule has 0 amide bonds. The van der Waals surface area contributed by atoms with Crippen molar-refractivity contribution in [3.05, 3.63) is 69.0 Å². The van der Waals surface area contributed by atoms with Gasteiger partial charge in [-0.15, -0.1) is 11.3 Å². The monoisotopic (exact) mass is 310 g/mol. The summed E-state index contributed by atoms with van der Waals surface area (Å²) in [6.07, 6.45) is 0. The average Bonchev–Trinajstić information content (AvgIpc) is 2.95. The number of rotatable bonds is 1. The summed E-state index contributed by atoms with van der Waals surface area (Å²) in [6, 6.07) is 15.8. The highest BCUT2D eigenvalue weighted by molar-refractivity contribution is 7.71. The van der Waals surface area contributed by atoms with Crippen LogP contribution in [-0.2, 0) is 0 Å². The van der Waals surface area contributed by atoms with Gasteiger partial charge in [-0.05, 0) is 46.6 Å². The van der Waals surface area contributed by atoms with Gasteiger partial charge in [0.2, 0.25) is 0 Å². The van der Waals surface area contributed by atoms with Crippen LogP contribution in [0.5, 0.6) is 0 Å². The average molecular weight is 310 g/mol. The second-order valence-electron chi connectivity index (χ2n) is 4.77. The lowest BCUT2D eigenvalue weighted by molar-refractivity contribution is 0.945. The van der Waals surface area contributed by atoms with Gasteiger partial charge in [-0.3, -0.25) is 9.36 Å². The number of aromatic nitrogens is 2. The maximum Gasteiger partial charge on any atom is 0.276 e. The zero-order valence-electron chi connectivity index (χ0n) is 10.9. The van der Waals surface area contributed by atoms with Crippen LogP contribution in [-0.4, -0.2) is 9.55 Å². The van der Waals surface area contributed by atoms with Crippen molar-refractivity contribution in [1.82, 2.24) is 9.55 Å². The van der Waals surface area contributed by atoms with Crippen LogP contribution in [0.2, 0.25) is 0 Å². The normalized spacial score (nSPS) is 11.2. The van der Waals surface area contributed by atoms with Crippen molar-refractivity contribution in [2.45, 2.75) is 0 Å². The summed E-state index contributed by atoms with van der Waals surface area (Å²) in [5.41, 5.74) is 1.52. The van der Waals surface area contributed by atoms with E-state index in [0.29, 0.717) is 9.47 Å². The topological polar surface area (TPSA) is 37.8 Å². The Labute approximate surface area is 129 Å². The molecule has 2 heterocycles. The first kappa shape index (κ1) is 12.5. The molecule has 4 aromatic rings. The summed E-state index contributed by atoms with van der Waals surface area (Å²) in [4.78, 5) is 15.7. The number of hydrogen-bond donors (Lipinski definition) is 1. The molecule has 1 N–H and O–H groups in total. The molecule has 21 heavy (non-hydrogen) atoms. The smallest absolute Gasteiger partial charge is 0.276 e. The Morgan fingerprint density at radius 2 is 1.86 bits per heavy atom. The van der Waals surface area contributed by atoms with Crippen molar-refractivity contribution in [3.63, 3.8) is 0 Å². The first-order valence-electron chi connectivity index (χ1n) is 6.46. The predicted octanol–water partition coefficient (Wildman–Crippen LogP) is 4.26. The Kier molecular flexibility index (Phi) is 2.77. The van der Waals surface area contributed by atoms with Crippen LogP contribution in [0.1, 0.15) is 0 Å². The highest BCUT2D eigenvalue weighted by Gasteiger charge is 2.08. The van der Waals surface area contributed by atoms with Crippen LogP contribution in [0.3, 0.4) is 0 Å². The molecule has 5 heteroatoms. The van der Waals surface area contributed by atoms with E-state index in [0.717, 1.165) is 22.0 Å². The molecule has 0 saturated carbocycles. The van der Waals surface area contributed by atoms with Crippen LogP contribution in [0, 0.1) is 4.77 Å². The molecule has 102 valence electrons. The quantitative estimate of drug-likeness (QED) is 0.533. The molecule has 0 bridgehead atoms. The largest absolute Gasteiger partial charge is 0.331 e. The number of hydrogen-bond acceptors (Lipinski definition) is 3. The molecule has 0 fully saturated rings. The van der Waals surface area contributed by atoms with E-state index in [1.165, 1.54) is 11.3 Å². The standard InChI is InChI=1S/C16H10N2OS2/c19-15-14-13(7-8-21-14)17-16(20)18(15)12-6-5-10-3-1-2-4-11(10)9-12/h1-9H,(H,17,20). The number of nitrogens with zero attached hydrogens (tertiary/aromatic N) is 1. The zero-order chi connectivity index (χ0) is 14.4. The molecule has 4 rings (SSSR count). The lowest BCUT2D eigenvalue weighted by Gasteiger charge is -2.07. The first-order chi connectivity index (χ1) is 10.2. The molecule has 0 radical (unpaired) electrons. The van der Waals surface area contributed by atoms with Gasteiger partial charge in [-0.25, -0.2) is 0 Å². The van der Waals surface area contributed by atoms with Gasteiger partial charge in [0.1, 0.15) is 4.70 Å². The van der Waals surface area contributed by atoms with Gasteiger partial charge in [0.25, 0.3) is 5.56 Å². The number of H-pyrrole nitrogens is 1. The SMILES string of the molecule is O=c1c2sccc2[nH]c(=S)n1-c1ccc2ccccc2c1. The van der Waals surface area contributed by atoms with Gasteiger partial charge in [0, 0.05) is 0 Å². The molecular formula is C16H10N2OS2. The Hall–Kier alpha value is -2.24. The lowest BCUT2D eigenvalue weighted by atomic mass is 10.1. The first-order valence-corrected chi connectivity index (χ1v) is 7.74. The second kappa shape index (κ2) is 4.65. The van der Waals surface area contributed by atoms with Gasteiger partial charge in [0.15, 0.2) is 4.77 Å². The van der Waals surface area contributed by atoms with Gasteiger partial charge in [0.05, 0.1) is 11.2 Å². The fraction of sp³-hybridized carbons (Fsp3) is 0. The summed E-state index contributed by atoms with van der Waals surface area (Å²) < 4.78 is 2.67. The lowest BCUT2D eigenvalue weighted by Crippen LogP contribution is -2.19. The molecule has 0 aliphatic rings. The van der Waals surface area contributed by atoms with E-state index < -0.39 is 0 Å². The fourth-order valence-electron chi connectivity index (χ4n) is 2.49. The summed E-state index contributed by atoms with van der Waals surface area (Å²) >= 11 is 6.77. The van der Waals surface area contributed by atoms with Crippen LogP contribution in [0.15, 0.2) is 58.7 Å². The van der Waals surface area contributed by atoms with Crippen molar-refractivity contribution in [3.8, 4) is 5.69 Å². The van der Waals surface area contributed by atoms with Crippen molar-refractivity contribution in [1.29, 1.82) is 0 Å². The van der Waals surface area contributed by atoms with E-state index in [2.05, 4.69) is 4.98 Å². The highest BCUT2D eigenvalue weighted by atomic mass is 32.1. The zero-order valence-corrected chi connectivity index (χ0v) is 12.5. The van der Waals surface area contributed by atoms with Crippen LogP contribution in [0.4, 0.5) is 0 Å². The number of fused-ring (bicyclic) bond motifs is 2. The van der Waals surface area contributed by atoms with Crippen LogP contribution in [0.25, 0.3) is 26.7 Å². The van der Waals surface area contributed by atoms with E-state index >= 15 is 0 Å². The van der Waals surface area contributed by atoms with Crippen molar-refractivity contribution in [2.75, 3.05) is 0 Å². The molecule has 0 unspecified atom stereocenters. The highest BCUT2D eigenvalue weighted by Crippen LogP contribution is 2.20. The Balaban J connectivity index is 2.08. The van der Waals surface area contributed by atoms with Crippen LogP contribution < -0.4 is 5.56 Å². The molecule has 2 aromatic heterocycles. The molecule has 0 aliphatic heterocycles. The number of thiophene rings is 1. The maximum absolute atomic E-state index is 12.6. The predicted molar refractivity (Wildman–Crippen MR) is 90.1 cm³/mol. The minimum atomic E-state index is -0.0703. The Morgan fingerprint density at radius 3 is 2.71 bits per heavy atom. The van der Waals surface area contributed by atoms with E-state index in [4.69, 9.17) is 12.2 Å². The summed E-state index contributed by atoms with van der Waals surface area (Å²) in [5, 5.41) is 4.12. The van der Waals surface area contributed by atoms with Gasteiger partial charge in [-0.2, -0.15) is 0 Å². The Bertz CT molecular complexity index is 1090. The van der Waals surface area contributed by atoms with Gasteiger partial charge in [-0.1, -0.05) is 30.3 Å². The summed E-state index contributed by atoms with van der Waals surface area (Å²) in [6.45, 7) is 0. The number of benzene rings is 2. The number of nitrogens with one attached hydrogen (secondary N) is 1. The molecule has 0 aliphatic carbocycles. The van der Waals surface area contributed by atoms with Crippen LogP contribution >= 0.6 is 23.6 Å². The number of aromatic amines is 1. The summed E-state index contributed by atoms with van der Waals surface area (Å²) in [7, 11) is 0.